The highest BCUT2D eigenvalue weighted by molar-refractivity contribution is 7.89. The lowest BCUT2D eigenvalue weighted by Gasteiger charge is -2.16. The molecule has 1 aliphatic heterocycles. The Morgan fingerprint density at radius 1 is 1.07 bits per heavy atom. The zero-order valence-electron chi connectivity index (χ0n) is 15.8. The van der Waals surface area contributed by atoms with Gasteiger partial charge in [-0.15, -0.1) is 0 Å². The van der Waals surface area contributed by atoms with Gasteiger partial charge in [0.2, 0.25) is 10.0 Å². The number of nitrogens with zero attached hydrogens (tertiary/aromatic N) is 1. The molecule has 0 aliphatic carbocycles. The van der Waals surface area contributed by atoms with E-state index in [2.05, 4.69) is 5.32 Å². The lowest BCUT2D eigenvalue weighted by Crippen LogP contribution is -2.31. The maximum absolute atomic E-state index is 12.6. The van der Waals surface area contributed by atoms with Gasteiger partial charge in [-0.3, -0.25) is 4.79 Å². The van der Waals surface area contributed by atoms with E-state index in [1.165, 1.54) is 0 Å². The molecule has 1 unspecified atom stereocenters. The maximum atomic E-state index is 12.6. The zero-order chi connectivity index (χ0) is 19.4. The third kappa shape index (κ3) is 4.39. The SMILES string of the molecule is CCC(C)NC(=O)c1cccc(-c2ccc(S(=O)(=O)N3CCCC3)cc2)c1. The Labute approximate surface area is 161 Å². The van der Waals surface area contributed by atoms with Gasteiger partial charge in [-0.1, -0.05) is 31.2 Å². The third-order valence-electron chi connectivity index (χ3n) is 5.01. The highest BCUT2D eigenvalue weighted by atomic mass is 32.2. The van der Waals surface area contributed by atoms with Crippen molar-refractivity contribution in [2.24, 2.45) is 0 Å². The second kappa shape index (κ2) is 8.23. The van der Waals surface area contributed by atoms with Crippen LogP contribution in [0, 0.1) is 0 Å². The number of rotatable bonds is 6. The lowest BCUT2D eigenvalue weighted by atomic mass is 10.0. The molecule has 1 aliphatic rings. The average Bonchev–Trinajstić information content (AvgIpc) is 3.24. The van der Waals surface area contributed by atoms with Gasteiger partial charge in [0.05, 0.1) is 4.90 Å². The second-order valence-corrected chi connectivity index (χ2v) is 8.94. The summed E-state index contributed by atoms with van der Waals surface area (Å²) in [6.07, 6.45) is 2.71. The molecule has 1 saturated heterocycles. The molecule has 0 aromatic heterocycles. The monoisotopic (exact) mass is 386 g/mol. The zero-order valence-corrected chi connectivity index (χ0v) is 16.6. The molecule has 5 nitrogen and oxygen atoms in total. The van der Waals surface area contributed by atoms with Gasteiger partial charge in [-0.25, -0.2) is 8.42 Å². The fourth-order valence-corrected chi connectivity index (χ4v) is 4.66. The molecule has 0 saturated carbocycles. The topological polar surface area (TPSA) is 66.5 Å². The number of carbonyl (C=O) groups is 1. The van der Waals surface area contributed by atoms with E-state index in [1.807, 2.05) is 32.0 Å². The van der Waals surface area contributed by atoms with Gasteiger partial charge < -0.3 is 5.32 Å². The summed E-state index contributed by atoms with van der Waals surface area (Å²) in [4.78, 5) is 12.7. The molecule has 3 rings (SSSR count). The van der Waals surface area contributed by atoms with E-state index >= 15 is 0 Å². The van der Waals surface area contributed by atoms with E-state index < -0.39 is 10.0 Å². The molecule has 144 valence electrons. The van der Waals surface area contributed by atoms with Gasteiger partial charge in [0.1, 0.15) is 0 Å². The van der Waals surface area contributed by atoms with Crippen molar-refractivity contribution in [1.82, 2.24) is 9.62 Å². The molecule has 0 bridgehead atoms. The highest BCUT2D eigenvalue weighted by Gasteiger charge is 2.26. The van der Waals surface area contributed by atoms with E-state index in [0.29, 0.717) is 23.5 Å². The molecule has 1 amide bonds. The first-order chi connectivity index (χ1) is 12.9. The van der Waals surface area contributed by atoms with Crippen molar-refractivity contribution in [1.29, 1.82) is 0 Å². The minimum absolute atomic E-state index is 0.0977. The van der Waals surface area contributed by atoms with Gasteiger partial charge in [0.15, 0.2) is 0 Å². The Morgan fingerprint density at radius 2 is 1.74 bits per heavy atom. The standard InChI is InChI=1S/C21H26N2O3S/c1-3-16(2)22-21(24)19-8-6-7-18(15-19)17-9-11-20(12-10-17)27(25,26)23-13-4-5-14-23/h6-12,15-16H,3-5,13-14H2,1-2H3,(H,22,24). The van der Waals surface area contributed by atoms with Gasteiger partial charge in [0, 0.05) is 24.7 Å². The van der Waals surface area contributed by atoms with E-state index in [1.54, 1.807) is 34.6 Å². The van der Waals surface area contributed by atoms with Crippen molar-refractivity contribution in [3.8, 4) is 11.1 Å². The van der Waals surface area contributed by atoms with Crippen molar-refractivity contribution in [2.75, 3.05) is 13.1 Å². The molecule has 0 radical (unpaired) electrons. The molecular formula is C21H26N2O3S. The predicted octanol–water partition coefficient (Wildman–Crippen LogP) is 3.67. The quantitative estimate of drug-likeness (QED) is 0.824. The Kier molecular flexibility index (Phi) is 5.97. The van der Waals surface area contributed by atoms with Gasteiger partial charge in [-0.05, 0) is 61.6 Å². The van der Waals surface area contributed by atoms with E-state index in [0.717, 1.165) is 30.4 Å². The number of amides is 1. The number of nitrogens with one attached hydrogen (secondary N) is 1. The fraction of sp³-hybridized carbons (Fsp3) is 0.381. The van der Waals surface area contributed by atoms with Crippen LogP contribution in [0.25, 0.3) is 11.1 Å². The Balaban J connectivity index is 1.81. The Morgan fingerprint density at radius 3 is 2.37 bits per heavy atom. The largest absolute Gasteiger partial charge is 0.350 e. The summed E-state index contributed by atoms with van der Waals surface area (Å²) in [5, 5.41) is 2.96. The number of hydrogen-bond donors (Lipinski definition) is 1. The summed E-state index contributed by atoms with van der Waals surface area (Å²) in [7, 11) is -3.41. The first kappa shape index (κ1) is 19.6. The van der Waals surface area contributed by atoms with Crippen molar-refractivity contribution in [3.05, 3.63) is 54.1 Å². The number of benzene rings is 2. The van der Waals surface area contributed by atoms with Gasteiger partial charge in [0.25, 0.3) is 5.91 Å². The summed E-state index contributed by atoms with van der Waals surface area (Å²) in [5.74, 6) is -0.0977. The van der Waals surface area contributed by atoms with Crippen LogP contribution in [0.1, 0.15) is 43.5 Å². The third-order valence-corrected chi connectivity index (χ3v) is 6.92. The Bertz CT molecular complexity index is 901. The molecule has 6 heteroatoms. The smallest absolute Gasteiger partial charge is 0.251 e. The van der Waals surface area contributed by atoms with Crippen LogP contribution in [0.3, 0.4) is 0 Å². The number of hydrogen-bond acceptors (Lipinski definition) is 3. The average molecular weight is 387 g/mol. The normalized spacial score (nSPS) is 16.2. The molecule has 1 N–H and O–H groups in total. The van der Waals surface area contributed by atoms with Crippen molar-refractivity contribution >= 4 is 15.9 Å². The van der Waals surface area contributed by atoms with Gasteiger partial charge in [-0.2, -0.15) is 4.31 Å². The van der Waals surface area contributed by atoms with E-state index in [9.17, 15) is 13.2 Å². The molecule has 27 heavy (non-hydrogen) atoms. The van der Waals surface area contributed by atoms with Crippen LogP contribution in [-0.2, 0) is 10.0 Å². The van der Waals surface area contributed by atoms with Gasteiger partial charge >= 0.3 is 0 Å². The van der Waals surface area contributed by atoms with E-state index in [-0.39, 0.29) is 11.9 Å². The molecule has 1 heterocycles. The molecule has 1 atom stereocenters. The molecule has 2 aromatic carbocycles. The van der Waals surface area contributed by atoms with Crippen molar-refractivity contribution in [3.63, 3.8) is 0 Å². The molecule has 2 aromatic rings. The minimum atomic E-state index is -3.41. The Hall–Kier alpha value is -2.18. The van der Waals surface area contributed by atoms with Crippen molar-refractivity contribution in [2.45, 2.75) is 44.0 Å². The van der Waals surface area contributed by atoms with Crippen LogP contribution in [0.15, 0.2) is 53.4 Å². The summed E-state index contributed by atoms with van der Waals surface area (Å²) in [5.41, 5.74) is 2.37. The molecule has 1 fully saturated rings. The second-order valence-electron chi connectivity index (χ2n) is 7.00. The highest BCUT2D eigenvalue weighted by Crippen LogP contribution is 2.25. The lowest BCUT2D eigenvalue weighted by molar-refractivity contribution is 0.0939. The first-order valence-corrected chi connectivity index (χ1v) is 10.9. The van der Waals surface area contributed by atoms with Crippen LogP contribution in [0.2, 0.25) is 0 Å². The number of sulfonamides is 1. The predicted molar refractivity (Wildman–Crippen MR) is 107 cm³/mol. The molecular weight excluding hydrogens is 360 g/mol. The summed E-state index contributed by atoms with van der Waals surface area (Å²) < 4.78 is 26.8. The molecule has 0 spiro atoms. The van der Waals surface area contributed by atoms with Crippen LogP contribution in [0.5, 0.6) is 0 Å². The minimum Gasteiger partial charge on any atom is -0.350 e. The van der Waals surface area contributed by atoms with Crippen molar-refractivity contribution < 1.29 is 13.2 Å². The summed E-state index contributed by atoms with van der Waals surface area (Å²) >= 11 is 0. The fourth-order valence-electron chi connectivity index (χ4n) is 3.15. The summed E-state index contributed by atoms with van der Waals surface area (Å²) in [6, 6.07) is 14.4. The summed E-state index contributed by atoms with van der Waals surface area (Å²) in [6.45, 7) is 5.19. The van der Waals surface area contributed by atoms with Crippen LogP contribution in [-0.4, -0.2) is 37.8 Å². The van der Waals surface area contributed by atoms with Crippen LogP contribution >= 0.6 is 0 Å². The number of carbonyl (C=O) groups excluding carboxylic acids is 1. The first-order valence-electron chi connectivity index (χ1n) is 9.43. The van der Waals surface area contributed by atoms with E-state index in [4.69, 9.17) is 0 Å². The van der Waals surface area contributed by atoms with Crippen LogP contribution in [0.4, 0.5) is 0 Å². The van der Waals surface area contributed by atoms with Crippen LogP contribution < -0.4 is 5.32 Å². The maximum Gasteiger partial charge on any atom is 0.251 e.